The minimum Gasteiger partial charge on any atom is -0.211 e. The summed E-state index contributed by atoms with van der Waals surface area (Å²) >= 11 is 0. The van der Waals surface area contributed by atoms with Crippen molar-refractivity contribution in [1.29, 1.82) is 0 Å². The maximum absolute atomic E-state index is 3.50. The minimum atomic E-state index is 1.19. The number of aryl methyl sites for hydroxylation is 3. The lowest BCUT2D eigenvalue weighted by atomic mass is 9.92. The van der Waals surface area contributed by atoms with E-state index in [1.54, 1.807) is 0 Å². The first-order valence-corrected chi connectivity index (χ1v) is 9.46. The van der Waals surface area contributed by atoms with Crippen LogP contribution in [0, 0.1) is 20.8 Å². The van der Waals surface area contributed by atoms with Crippen LogP contribution in [0.15, 0.2) is 72.9 Å². The number of hydrogen-bond donors (Lipinski definition) is 0. The second-order valence-corrected chi connectivity index (χ2v) is 7.59. The molecule has 0 saturated heterocycles. The van der Waals surface area contributed by atoms with Gasteiger partial charge in [0.05, 0.1) is 5.39 Å². The van der Waals surface area contributed by atoms with Gasteiger partial charge in [0, 0.05) is 17.0 Å². The molecule has 1 heterocycles. The fraction of sp³-hybridized carbons (Fsp3) is 0.115. The predicted molar refractivity (Wildman–Crippen MR) is 115 cm³/mol. The molecule has 1 aromatic heterocycles. The predicted octanol–water partition coefficient (Wildman–Crippen LogP) is 6.55. The number of nitrogens with one attached hydrogen (secondary N) is 1. The Morgan fingerprint density at radius 2 is 1.33 bits per heavy atom. The van der Waals surface area contributed by atoms with E-state index in [0.717, 1.165) is 0 Å². The standard InChI is InChI=1S/C26H21N/c1-16-12-17(2)14-20(13-16)26-24-9-8-22-21-7-5-4-6-19(21)15-18(3)25(22)23(24)10-11-27-26/h4-15H,1-3H3/p+1. The maximum atomic E-state index is 3.50. The molecule has 1 N–H and O–H groups in total. The van der Waals surface area contributed by atoms with Gasteiger partial charge in [-0.3, -0.25) is 0 Å². The van der Waals surface area contributed by atoms with E-state index in [1.165, 1.54) is 60.3 Å². The summed E-state index contributed by atoms with van der Waals surface area (Å²) in [7, 11) is 0. The second kappa shape index (κ2) is 5.92. The minimum absolute atomic E-state index is 1.19. The summed E-state index contributed by atoms with van der Waals surface area (Å²) < 4.78 is 0. The third-order valence-corrected chi connectivity index (χ3v) is 5.52. The highest BCUT2D eigenvalue weighted by Crippen LogP contribution is 2.36. The van der Waals surface area contributed by atoms with E-state index in [4.69, 9.17) is 0 Å². The summed E-state index contributed by atoms with van der Waals surface area (Å²) in [5, 5.41) is 7.89. The van der Waals surface area contributed by atoms with E-state index >= 15 is 0 Å². The molecule has 5 rings (SSSR count). The van der Waals surface area contributed by atoms with Crippen LogP contribution in [0.4, 0.5) is 0 Å². The number of rotatable bonds is 1. The summed E-state index contributed by atoms with van der Waals surface area (Å²) in [6, 6.07) is 24.5. The number of fused-ring (bicyclic) bond motifs is 5. The number of benzene rings is 4. The maximum Gasteiger partial charge on any atom is 0.218 e. The Bertz CT molecular complexity index is 1330. The van der Waals surface area contributed by atoms with Crippen LogP contribution in [0.2, 0.25) is 0 Å². The summed E-state index contributed by atoms with van der Waals surface area (Å²) in [6.45, 7) is 6.54. The Kier molecular flexibility index (Phi) is 3.51. The lowest BCUT2D eigenvalue weighted by Crippen LogP contribution is -2.06. The molecule has 0 fully saturated rings. The fourth-order valence-corrected chi connectivity index (χ4v) is 4.48. The van der Waals surface area contributed by atoms with Crippen LogP contribution in [0.5, 0.6) is 0 Å². The van der Waals surface area contributed by atoms with E-state index in [-0.39, 0.29) is 0 Å². The summed E-state index contributed by atoms with van der Waals surface area (Å²) in [5.41, 5.74) is 6.34. The largest absolute Gasteiger partial charge is 0.218 e. The summed E-state index contributed by atoms with van der Waals surface area (Å²) in [4.78, 5) is 3.50. The Morgan fingerprint density at radius 1 is 0.630 bits per heavy atom. The third-order valence-electron chi connectivity index (χ3n) is 5.52. The molecule has 4 aromatic carbocycles. The highest BCUT2D eigenvalue weighted by Gasteiger charge is 2.15. The van der Waals surface area contributed by atoms with Crippen molar-refractivity contribution in [1.82, 2.24) is 0 Å². The van der Waals surface area contributed by atoms with Gasteiger partial charge in [-0.05, 0) is 66.1 Å². The average Bonchev–Trinajstić information content (AvgIpc) is 2.66. The van der Waals surface area contributed by atoms with Crippen molar-refractivity contribution < 1.29 is 4.98 Å². The zero-order valence-electron chi connectivity index (χ0n) is 15.9. The molecule has 0 aliphatic heterocycles. The van der Waals surface area contributed by atoms with Crippen molar-refractivity contribution in [2.75, 3.05) is 0 Å². The van der Waals surface area contributed by atoms with Crippen molar-refractivity contribution in [3.63, 3.8) is 0 Å². The monoisotopic (exact) mass is 348 g/mol. The lowest BCUT2D eigenvalue weighted by molar-refractivity contribution is -0.362. The van der Waals surface area contributed by atoms with Gasteiger partial charge in [0.2, 0.25) is 5.69 Å². The molecule has 130 valence electrons. The van der Waals surface area contributed by atoms with Gasteiger partial charge in [-0.2, -0.15) is 0 Å². The molecular weight excluding hydrogens is 326 g/mol. The molecule has 0 atom stereocenters. The van der Waals surface area contributed by atoms with Gasteiger partial charge >= 0.3 is 0 Å². The highest BCUT2D eigenvalue weighted by molar-refractivity contribution is 6.19. The first kappa shape index (κ1) is 16.0. The molecule has 27 heavy (non-hydrogen) atoms. The Labute approximate surface area is 159 Å². The van der Waals surface area contributed by atoms with Gasteiger partial charge in [0.25, 0.3) is 0 Å². The van der Waals surface area contributed by atoms with Crippen LogP contribution in [0.3, 0.4) is 0 Å². The van der Waals surface area contributed by atoms with Gasteiger partial charge in [-0.25, -0.2) is 4.98 Å². The summed E-state index contributed by atoms with van der Waals surface area (Å²) in [6.07, 6.45) is 2.07. The van der Waals surface area contributed by atoms with Crippen molar-refractivity contribution in [3.8, 4) is 11.3 Å². The van der Waals surface area contributed by atoms with Crippen molar-refractivity contribution in [3.05, 3.63) is 89.6 Å². The molecule has 1 nitrogen and oxygen atoms in total. The van der Waals surface area contributed by atoms with Crippen molar-refractivity contribution in [2.24, 2.45) is 0 Å². The molecule has 0 aliphatic carbocycles. The van der Waals surface area contributed by atoms with Gasteiger partial charge in [-0.15, -0.1) is 0 Å². The van der Waals surface area contributed by atoms with Gasteiger partial charge in [0.15, 0.2) is 6.20 Å². The molecule has 0 amide bonds. The van der Waals surface area contributed by atoms with Crippen LogP contribution in [0.25, 0.3) is 43.6 Å². The van der Waals surface area contributed by atoms with Crippen LogP contribution in [-0.4, -0.2) is 0 Å². The number of pyridine rings is 1. The van der Waals surface area contributed by atoms with E-state index in [0.29, 0.717) is 0 Å². The molecule has 0 saturated carbocycles. The van der Waals surface area contributed by atoms with E-state index in [2.05, 4.69) is 98.7 Å². The topological polar surface area (TPSA) is 14.1 Å². The Balaban J connectivity index is 1.92. The molecule has 0 unspecified atom stereocenters. The van der Waals surface area contributed by atoms with Crippen LogP contribution >= 0.6 is 0 Å². The molecule has 1 heteroatoms. The molecule has 0 bridgehead atoms. The van der Waals surface area contributed by atoms with Gasteiger partial charge in [0.1, 0.15) is 0 Å². The van der Waals surface area contributed by atoms with Crippen molar-refractivity contribution >= 4 is 32.3 Å². The lowest BCUT2D eigenvalue weighted by Gasteiger charge is -2.11. The quantitative estimate of drug-likeness (QED) is 0.305. The first-order valence-electron chi connectivity index (χ1n) is 9.46. The number of aromatic nitrogens is 1. The Hall–Kier alpha value is -3.19. The van der Waals surface area contributed by atoms with Crippen LogP contribution in [0.1, 0.15) is 16.7 Å². The van der Waals surface area contributed by atoms with Gasteiger partial charge < -0.3 is 0 Å². The number of aromatic amines is 1. The zero-order chi connectivity index (χ0) is 18.5. The second-order valence-electron chi connectivity index (χ2n) is 7.59. The zero-order valence-corrected chi connectivity index (χ0v) is 15.9. The average molecular weight is 348 g/mol. The fourth-order valence-electron chi connectivity index (χ4n) is 4.48. The third kappa shape index (κ3) is 2.50. The highest BCUT2D eigenvalue weighted by atomic mass is 14.7. The van der Waals surface area contributed by atoms with Crippen LogP contribution in [-0.2, 0) is 0 Å². The number of hydrogen-bond acceptors (Lipinski definition) is 0. The molecule has 5 aromatic rings. The van der Waals surface area contributed by atoms with E-state index in [1.807, 2.05) is 0 Å². The number of H-pyrrole nitrogens is 1. The van der Waals surface area contributed by atoms with E-state index < -0.39 is 0 Å². The molecule has 0 aliphatic rings. The van der Waals surface area contributed by atoms with Gasteiger partial charge in [-0.1, -0.05) is 53.6 Å². The van der Waals surface area contributed by atoms with E-state index in [9.17, 15) is 0 Å². The molecular formula is C26H22N+. The normalized spacial score (nSPS) is 11.5. The van der Waals surface area contributed by atoms with Crippen LogP contribution < -0.4 is 4.98 Å². The SMILES string of the molecule is Cc1cc(C)cc(-c2[nH+]ccc3c2ccc2c4ccccc4cc(C)c32)c1. The molecule has 0 radical (unpaired) electrons. The van der Waals surface area contributed by atoms with Crippen molar-refractivity contribution in [2.45, 2.75) is 20.8 Å². The summed E-state index contributed by atoms with van der Waals surface area (Å²) in [5.74, 6) is 0. The first-order chi connectivity index (χ1) is 13.1. The molecule has 0 spiro atoms. The Morgan fingerprint density at radius 3 is 2.15 bits per heavy atom. The smallest absolute Gasteiger partial charge is 0.211 e.